The van der Waals surface area contributed by atoms with E-state index < -0.39 is 12.0 Å². The number of hydrazine groups is 1. The van der Waals surface area contributed by atoms with Gasteiger partial charge in [0, 0.05) is 30.8 Å². The molecule has 0 saturated carbocycles. The van der Waals surface area contributed by atoms with E-state index >= 15 is 0 Å². The first-order chi connectivity index (χ1) is 13.1. The number of hydrogen-bond donors (Lipinski definition) is 1. The predicted molar refractivity (Wildman–Crippen MR) is 99.5 cm³/mol. The Labute approximate surface area is 158 Å². The fourth-order valence-corrected chi connectivity index (χ4v) is 3.50. The highest BCUT2D eigenvalue weighted by atomic mass is 16.6. The summed E-state index contributed by atoms with van der Waals surface area (Å²) in [6, 6.07) is 8.58. The second kappa shape index (κ2) is 8.70. The molecule has 1 aromatic carbocycles. The third-order valence-corrected chi connectivity index (χ3v) is 4.77. The summed E-state index contributed by atoms with van der Waals surface area (Å²) in [5.41, 5.74) is 4.05. The standard InChI is InChI=1S/C20H25N3O4/c1-2-27-20(26)23(21-19(25)15-9-4-3-5-10-15)18-16(11-8-12-17(18)24)22-13-6-7-14-22/h3-5,9-10H,2,6-8,11-14H2,1H3,(H,21,25). The van der Waals surface area contributed by atoms with Gasteiger partial charge in [0.15, 0.2) is 5.78 Å². The van der Waals surface area contributed by atoms with Gasteiger partial charge in [-0.25, -0.2) is 4.79 Å². The maximum absolute atomic E-state index is 12.7. The Morgan fingerprint density at radius 1 is 1.11 bits per heavy atom. The van der Waals surface area contributed by atoms with Crippen LogP contribution < -0.4 is 5.43 Å². The summed E-state index contributed by atoms with van der Waals surface area (Å²) in [6.45, 7) is 3.55. The first kappa shape index (κ1) is 18.9. The molecule has 3 rings (SSSR count). The number of rotatable bonds is 4. The first-order valence-electron chi connectivity index (χ1n) is 9.46. The Morgan fingerprint density at radius 3 is 2.48 bits per heavy atom. The highest BCUT2D eigenvalue weighted by Gasteiger charge is 2.34. The molecule has 1 saturated heterocycles. The number of ketones is 1. The Morgan fingerprint density at radius 2 is 1.81 bits per heavy atom. The molecule has 0 radical (unpaired) electrons. The molecule has 1 fully saturated rings. The van der Waals surface area contributed by atoms with Gasteiger partial charge in [0.2, 0.25) is 0 Å². The van der Waals surface area contributed by atoms with Crippen LogP contribution in [0.5, 0.6) is 0 Å². The minimum atomic E-state index is -0.747. The number of nitrogens with zero attached hydrogens (tertiary/aromatic N) is 2. The van der Waals surface area contributed by atoms with Crippen molar-refractivity contribution in [2.75, 3.05) is 19.7 Å². The maximum atomic E-state index is 12.7. The van der Waals surface area contributed by atoms with Crippen LogP contribution in [0.2, 0.25) is 0 Å². The zero-order chi connectivity index (χ0) is 19.2. The Balaban J connectivity index is 1.95. The van der Waals surface area contributed by atoms with Gasteiger partial charge in [-0.3, -0.25) is 15.0 Å². The molecule has 0 aromatic heterocycles. The first-order valence-corrected chi connectivity index (χ1v) is 9.46. The van der Waals surface area contributed by atoms with Gasteiger partial charge in [-0.1, -0.05) is 18.2 Å². The number of likely N-dealkylation sites (tertiary alicyclic amines) is 1. The van der Waals surface area contributed by atoms with E-state index in [1.165, 1.54) is 0 Å². The van der Waals surface area contributed by atoms with E-state index in [1.807, 2.05) is 0 Å². The van der Waals surface area contributed by atoms with Crippen LogP contribution in [0.4, 0.5) is 4.79 Å². The molecule has 27 heavy (non-hydrogen) atoms. The van der Waals surface area contributed by atoms with Gasteiger partial charge in [-0.2, -0.15) is 5.01 Å². The second-order valence-corrected chi connectivity index (χ2v) is 6.61. The molecule has 0 bridgehead atoms. The van der Waals surface area contributed by atoms with Crippen molar-refractivity contribution in [3.8, 4) is 0 Å². The van der Waals surface area contributed by atoms with Gasteiger partial charge < -0.3 is 9.64 Å². The molecule has 1 aliphatic carbocycles. The lowest BCUT2D eigenvalue weighted by Gasteiger charge is -2.33. The van der Waals surface area contributed by atoms with Gasteiger partial charge in [0.25, 0.3) is 5.91 Å². The van der Waals surface area contributed by atoms with E-state index in [0.29, 0.717) is 18.4 Å². The van der Waals surface area contributed by atoms with Crippen molar-refractivity contribution in [2.45, 2.75) is 39.0 Å². The molecule has 0 unspecified atom stereocenters. The van der Waals surface area contributed by atoms with Crippen molar-refractivity contribution >= 4 is 17.8 Å². The lowest BCUT2D eigenvalue weighted by molar-refractivity contribution is -0.118. The number of benzene rings is 1. The third kappa shape index (κ3) is 4.30. The number of amides is 2. The van der Waals surface area contributed by atoms with Crippen molar-refractivity contribution in [3.63, 3.8) is 0 Å². The van der Waals surface area contributed by atoms with Crippen molar-refractivity contribution in [3.05, 3.63) is 47.3 Å². The minimum absolute atomic E-state index is 0.149. The summed E-state index contributed by atoms with van der Waals surface area (Å²) in [7, 11) is 0. The monoisotopic (exact) mass is 371 g/mol. The lowest BCUT2D eigenvalue weighted by Crippen LogP contribution is -2.49. The van der Waals surface area contributed by atoms with Crippen molar-refractivity contribution in [2.24, 2.45) is 0 Å². The van der Waals surface area contributed by atoms with Crippen LogP contribution in [-0.2, 0) is 9.53 Å². The van der Waals surface area contributed by atoms with E-state index in [4.69, 9.17) is 4.74 Å². The number of carbonyl (C=O) groups excluding carboxylic acids is 3. The number of allylic oxidation sites excluding steroid dienone is 2. The molecular formula is C20H25N3O4. The second-order valence-electron chi connectivity index (χ2n) is 6.61. The molecule has 1 aromatic rings. The van der Waals surface area contributed by atoms with Crippen LogP contribution in [0.3, 0.4) is 0 Å². The van der Waals surface area contributed by atoms with Gasteiger partial charge in [0.05, 0.1) is 6.61 Å². The predicted octanol–water partition coefficient (Wildman–Crippen LogP) is 2.85. The number of nitrogens with one attached hydrogen (secondary N) is 1. The largest absolute Gasteiger partial charge is 0.448 e. The summed E-state index contributed by atoms with van der Waals surface area (Å²) in [5, 5.41) is 1.01. The van der Waals surface area contributed by atoms with E-state index in [2.05, 4.69) is 10.3 Å². The molecule has 7 heteroatoms. The normalized spacial score (nSPS) is 17.1. The Hall–Kier alpha value is -2.83. The van der Waals surface area contributed by atoms with E-state index in [0.717, 1.165) is 43.1 Å². The van der Waals surface area contributed by atoms with Crippen LogP contribution >= 0.6 is 0 Å². The molecule has 2 aliphatic rings. The summed E-state index contributed by atoms with van der Waals surface area (Å²) < 4.78 is 5.12. The maximum Gasteiger partial charge on any atom is 0.433 e. The van der Waals surface area contributed by atoms with Crippen molar-refractivity contribution in [1.82, 2.24) is 15.3 Å². The van der Waals surface area contributed by atoms with Crippen molar-refractivity contribution < 1.29 is 19.1 Å². The fourth-order valence-electron chi connectivity index (χ4n) is 3.50. The lowest BCUT2D eigenvalue weighted by atomic mass is 9.98. The summed E-state index contributed by atoms with van der Waals surface area (Å²) in [4.78, 5) is 40.1. The average molecular weight is 371 g/mol. The molecule has 1 aliphatic heterocycles. The Kier molecular flexibility index (Phi) is 6.11. The zero-order valence-corrected chi connectivity index (χ0v) is 15.6. The van der Waals surface area contributed by atoms with Gasteiger partial charge in [0.1, 0.15) is 5.70 Å². The van der Waals surface area contributed by atoms with Crippen LogP contribution in [0, 0.1) is 0 Å². The quantitative estimate of drug-likeness (QED) is 0.824. The van der Waals surface area contributed by atoms with Crippen LogP contribution in [-0.4, -0.2) is 47.4 Å². The number of Topliss-reactive ketones (excluding diaryl/α,β-unsaturated/α-hetero) is 1. The van der Waals surface area contributed by atoms with Crippen molar-refractivity contribution in [1.29, 1.82) is 0 Å². The molecule has 2 amide bonds. The van der Waals surface area contributed by atoms with Gasteiger partial charge in [-0.15, -0.1) is 0 Å². The topological polar surface area (TPSA) is 79.0 Å². The molecular weight excluding hydrogens is 346 g/mol. The van der Waals surface area contributed by atoms with Crippen LogP contribution in [0.25, 0.3) is 0 Å². The molecule has 144 valence electrons. The fraction of sp³-hybridized carbons (Fsp3) is 0.450. The van der Waals surface area contributed by atoms with E-state index in [1.54, 1.807) is 37.3 Å². The van der Waals surface area contributed by atoms with Crippen LogP contribution in [0.15, 0.2) is 41.7 Å². The summed E-state index contributed by atoms with van der Waals surface area (Å²) >= 11 is 0. The molecule has 0 spiro atoms. The van der Waals surface area contributed by atoms with E-state index in [9.17, 15) is 14.4 Å². The molecule has 7 nitrogen and oxygen atoms in total. The van der Waals surface area contributed by atoms with E-state index in [-0.39, 0.29) is 18.1 Å². The highest BCUT2D eigenvalue weighted by molar-refractivity contribution is 6.01. The minimum Gasteiger partial charge on any atom is -0.448 e. The summed E-state index contributed by atoms with van der Waals surface area (Å²) in [6.07, 6.45) is 3.17. The number of ether oxygens (including phenoxy) is 1. The SMILES string of the molecule is CCOC(=O)N(NC(=O)c1ccccc1)C1=C(N2CCCC2)CCCC1=O. The summed E-state index contributed by atoms with van der Waals surface area (Å²) in [5.74, 6) is -0.611. The smallest absolute Gasteiger partial charge is 0.433 e. The molecule has 0 atom stereocenters. The highest BCUT2D eigenvalue weighted by Crippen LogP contribution is 2.29. The third-order valence-electron chi connectivity index (χ3n) is 4.77. The average Bonchev–Trinajstić information content (AvgIpc) is 3.21. The van der Waals surface area contributed by atoms with Gasteiger partial charge >= 0.3 is 6.09 Å². The molecule has 1 heterocycles. The zero-order valence-electron chi connectivity index (χ0n) is 15.6. The Bertz CT molecular complexity index is 739. The number of carbonyl (C=O) groups is 3. The van der Waals surface area contributed by atoms with Gasteiger partial charge in [-0.05, 0) is 44.7 Å². The van der Waals surface area contributed by atoms with Crippen LogP contribution in [0.1, 0.15) is 49.4 Å². The molecule has 1 N–H and O–H groups in total. The number of hydrogen-bond acceptors (Lipinski definition) is 5.